The van der Waals surface area contributed by atoms with E-state index in [1.807, 2.05) is 36.4 Å². The van der Waals surface area contributed by atoms with Gasteiger partial charge in [-0.15, -0.1) is 0 Å². The van der Waals surface area contributed by atoms with E-state index in [1.165, 1.54) is 11.1 Å². The van der Waals surface area contributed by atoms with Gasteiger partial charge in [0.2, 0.25) is 0 Å². The summed E-state index contributed by atoms with van der Waals surface area (Å²) in [7, 11) is 0. The molecule has 0 bridgehead atoms. The predicted octanol–water partition coefficient (Wildman–Crippen LogP) is 3.79. The first-order valence-electron chi connectivity index (χ1n) is 6.22. The fourth-order valence-corrected chi connectivity index (χ4v) is 1.97. The van der Waals surface area contributed by atoms with Crippen LogP contribution < -0.4 is 0 Å². The zero-order valence-corrected chi connectivity index (χ0v) is 10.9. The molecular weight excluding hydrogens is 224 g/mol. The molecule has 0 amide bonds. The minimum Gasteiger partial charge on any atom is -0.457 e. The topological polar surface area (TPSA) is 26.3 Å². The predicted molar refractivity (Wildman–Crippen MR) is 71.9 cm³/mol. The molecule has 0 heterocycles. The van der Waals surface area contributed by atoms with Crippen LogP contribution in [-0.4, -0.2) is 5.97 Å². The Balaban J connectivity index is 1.89. The van der Waals surface area contributed by atoms with Crippen molar-refractivity contribution in [2.75, 3.05) is 0 Å². The molecule has 0 unspecified atom stereocenters. The third-order valence-corrected chi connectivity index (χ3v) is 3.18. The molecule has 0 saturated heterocycles. The number of esters is 1. The maximum Gasteiger partial charge on any atom is 0.334 e. The molecule has 0 saturated carbocycles. The van der Waals surface area contributed by atoms with Gasteiger partial charge in [0.05, 0.1) is 0 Å². The Morgan fingerprint density at radius 1 is 1.22 bits per heavy atom. The van der Waals surface area contributed by atoms with Crippen molar-refractivity contribution < 1.29 is 9.53 Å². The van der Waals surface area contributed by atoms with E-state index in [1.54, 1.807) is 0 Å². The Bertz CT molecular complexity index is 491. The summed E-state index contributed by atoms with van der Waals surface area (Å²) in [5.41, 5.74) is 4.45. The summed E-state index contributed by atoms with van der Waals surface area (Å²) in [6.45, 7) is 4.52. The van der Waals surface area contributed by atoms with Gasteiger partial charge in [0.25, 0.3) is 0 Å². The number of hydrogen-bond donors (Lipinski definition) is 0. The summed E-state index contributed by atoms with van der Waals surface area (Å²) in [5.74, 6) is -0.185. The van der Waals surface area contributed by atoms with E-state index in [0.717, 1.165) is 24.0 Å². The van der Waals surface area contributed by atoms with Gasteiger partial charge >= 0.3 is 5.97 Å². The van der Waals surface area contributed by atoms with Gasteiger partial charge < -0.3 is 4.74 Å². The van der Waals surface area contributed by atoms with Gasteiger partial charge in [-0.2, -0.15) is 0 Å². The third kappa shape index (κ3) is 3.10. The Morgan fingerprint density at radius 2 is 1.94 bits per heavy atom. The second kappa shape index (κ2) is 5.67. The minimum absolute atomic E-state index is 0.185. The Hall–Kier alpha value is -1.83. The summed E-state index contributed by atoms with van der Waals surface area (Å²) in [5, 5.41) is 0. The molecule has 0 spiro atoms. The van der Waals surface area contributed by atoms with Crippen LogP contribution in [0.3, 0.4) is 0 Å². The van der Waals surface area contributed by atoms with Crippen LogP contribution in [0.25, 0.3) is 0 Å². The number of carbonyl (C=O) groups excluding carboxylic acids is 1. The zero-order valence-electron chi connectivity index (χ0n) is 10.9. The summed E-state index contributed by atoms with van der Waals surface area (Å²) < 4.78 is 5.31. The Kier molecular flexibility index (Phi) is 3.98. The fourth-order valence-electron chi connectivity index (χ4n) is 1.97. The molecule has 1 aliphatic carbocycles. The van der Waals surface area contributed by atoms with Crippen LogP contribution in [0.15, 0.2) is 53.1 Å². The van der Waals surface area contributed by atoms with Gasteiger partial charge in [0, 0.05) is 12.0 Å². The highest BCUT2D eigenvalue weighted by Gasteiger charge is 2.18. The lowest BCUT2D eigenvalue weighted by molar-refractivity contribution is -0.140. The van der Waals surface area contributed by atoms with Gasteiger partial charge in [-0.1, -0.05) is 47.6 Å². The quantitative estimate of drug-likeness (QED) is 0.595. The van der Waals surface area contributed by atoms with E-state index in [0.29, 0.717) is 6.61 Å². The lowest BCUT2D eigenvalue weighted by atomic mass is 10.1. The number of allylic oxidation sites excluding steroid dienone is 3. The monoisotopic (exact) mass is 242 g/mol. The maximum absolute atomic E-state index is 11.9. The molecule has 1 aromatic carbocycles. The SMILES string of the molecule is CC(C)=C1CC=C(C(=O)OCc2ccccc2)C1. The summed E-state index contributed by atoms with van der Waals surface area (Å²) in [6.07, 6.45) is 3.61. The van der Waals surface area contributed by atoms with Crippen LogP contribution in [-0.2, 0) is 16.1 Å². The van der Waals surface area contributed by atoms with Gasteiger partial charge in [-0.25, -0.2) is 4.79 Å². The fraction of sp³-hybridized carbons (Fsp3) is 0.312. The number of ether oxygens (including phenoxy) is 1. The van der Waals surface area contributed by atoms with Gasteiger partial charge in [-0.3, -0.25) is 0 Å². The average molecular weight is 242 g/mol. The molecule has 1 aliphatic rings. The molecule has 18 heavy (non-hydrogen) atoms. The first kappa shape index (κ1) is 12.6. The first-order valence-corrected chi connectivity index (χ1v) is 6.22. The molecule has 2 nitrogen and oxygen atoms in total. The molecule has 94 valence electrons. The number of hydrogen-bond acceptors (Lipinski definition) is 2. The normalized spacial score (nSPS) is 14.3. The Labute approximate surface area is 108 Å². The van der Waals surface area contributed by atoms with Crippen molar-refractivity contribution in [1.29, 1.82) is 0 Å². The van der Waals surface area contributed by atoms with Crippen LogP contribution in [0, 0.1) is 0 Å². The second-order valence-corrected chi connectivity index (χ2v) is 4.78. The molecule has 2 heteroatoms. The molecule has 0 fully saturated rings. The number of benzene rings is 1. The summed E-state index contributed by atoms with van der Waals surface area (Å²) in [4.78, 5) is 11.9. The zero-order chi connectivity index (χ0) is 13.0. The molecule has 2 rings (SSSR count). The van der Waals surface area contributed by atoms with Crippen molar-refractivity contribution in [2.24, 2.45) is 0 Å². The van der Waals surface area contributed by atoms with Gasteiger partial charge in [-0.05, 0) is 25.8 Å². The van der Waals surface area contributed by atoms with Crippen molar-refractivity contribution in [3.63, 3.8) is 0 Å². The highest BCUT2D eigenvalue weighted by Crippen LogP contribution is 2.27. The maximum atomic E-state index is 11.9. The van der Waals surface area contributed by atoms with Crippen molar-refractivity contribution in [2.45, 2.75) is 33.3 Å². The lowest BCUT2D eigenvalue weighted by Crippen LogP contribution is -2.06. The van der Waals surface area contributed by atoms with Gasteiger partial charge in [0.15, 0.2) is 0 Å². The van der Waals surface area contributed by atoms with Crippen LogP contribution >= 0.6 is 0 Å². The molecule has 1 aromatic rings. The summed E-state index contributed by atoms with van der Waals surface area (Å²) >= 11 is 0. The lowest BCUT2D eigenvalue weighted by Gasteiger charge is -2.06. The van der Waals surface area contributed by atoms with E-state index >= 15 is 0 Å². The van der Waals surface area contributed by atoms with Crippen LogP contribution in [0.2, 0.25) is 0 Å². The van der Waals surface area contributed by atoms with Crippen LogP contribution in [0.5, 0.6) is 0 Å². The second-order valence-electron chi connectivity index (χ2n) is 4.78. The molecular formula is C16H18O2. The van der Waals surface area contributed by atoms with Crippen molar-refractivity contribution in [1.82, 2.24) is 0 Å². The standard InChI is InChI=1S/C16H18O2/c1-12(2)14-8-9-15(10-14)16(17)18-11-13-6-4-3-5-7-13/h3-7,9H,8,10-11H2,1-2H3. The smallest absolute Gasteiger partial charge is 0.334 e. The Morgan fingerprint density at radius 3 is 2.56 bits per heavy atom. The molecule has 0 aromatic heterocycles. The van der Waals surface area contributed by atoms with Gasteiger partial charge in [0.1, 0.15) is 6.61 Å². The number of carbonyl (C=O) groups is 1. The van der Waals surface area contributed by atoms with Crippen LogP contribution in [0.1, 0.15) is 32.3 Å². The highest BCUT2D eigenvalue weighted by molar-refractivity contribution is 5.89. The van der Waals surface area contributed by atoms with E-state index in [2.05, 4.69) is 13.8 Å². The van der Waals surface area contributed by atoms with Crippen molar-refractivity contribution >= 4 is 5.97 Å². The molecule has 0 aliphatic heterocycles. The third-order valence-electron chi connectivity index (χ3n) is 3.18. The van der Waals surface area contributed by atoms with E-state index in [4.69, 9.17) is 4.74 Å². The van der Waals surface area contributed by atoms with Crippen molar-refractivity contribution in [3.8, 4) is 0 Å². The van der Waals surface area contributed by atoms with Crippen LogP contribution in [0.4, 0.5) is 0 Å². The highest BCUT2D eigenvalue weighted by atomic mass is 16.5. The van der Waals surface area contributed by atoms with E-state index < -0.39 is 0 Å². The molecule has 0 radical (unpaired) electrons. The largest absolute Gasteiger partial charge is 0.457 e. The van der Waals surface area contributed by atoms with E-state index in [9.17, 15) is 4.79 Å². The minimum atomic E-state index is -0.185. The average Bonchev–Trinajstić information content (AvgIpc) is 2.87. The summed E-state index contributed by atoms with van der Waals surface area (Å²) in [6, 6.07) is 9.75. The molecule has 0 atom stereocenters. The first-order chi connectivity index (χ1) is 8.66. The number of rotatable bonds is 3. The van der Waals surface area contributed by atoms with E-state index in [-0.39, 0.29) is 5.97 Å². The molecule has 0 N–H and O–H groups in total. The van der Waals surface area contributed by atoms with Crippen molar-refractivity contribution in [3.05, 3.63) is 58.7 Å².